The molecule has 0 aliphatic carbocycles. The van der Waals surface area contributed by atoms with Gasteiger partial charge in [-0.15, -0.1) is 0 Å². The Labute approximate surface area is 178 Å². The van der Waals surface area contributed by atoms with Crippen LogP contribution in [-0.4, -0.2) is 52.5 Å². The maximum absolute atomic E-state index is 12.1. The fourth-order valence-electron chi connectivity index (χ4n) is 1.91. The molecule has 0 rings (SSSR count). The molecule has 0 amide bonds. The zero-order chi connectivity index (χ0) is 23.3. The minimum Gasteiger partial charge on any atom is -0.469 e. The quantitative estimate of drug-likeness (QED) is 0.186. The van der Waals surface area contributed by atoms with Gasteiger partial charge in [-0.25, -0.2) is 0 Å². The van der Waals surface area contributed by atoms with Crippen LogP contribution in [0.25, 0.3) is 0 Å². The molecular formula is C19H42N2O6Si2. The highest BCUT2D eigenvalue weighted by Gasteiger charge is 2.46. The first-order valence-corrected chi connectivity index (χ1v) is 16.0. The van der Waals surface area contributed by atoms with Crippen molar-refractivity contribution in [1.29, 1.82) is 0 Å². The summed E-state index contributed by atoms with van der Waals surface area (Å²) < 4.78 is 17.9. The van der Waals surface area contributed by atoms with Gasteiger partial charge in [0, 0.05) is 11.3 Å². The fraction of sp³-hybridized carbons (Fsp3) is 0.947. The maximum atomic E-state index is 12.1. The molecule has 0 aromatic heterocycles. The summed E-state index contributed by atoms with van der Waals surface area (Å²) in [4.78, 5) is 22.5. The molecular weight excluding hydrogens is 408 g/mol. The number of rotatable bonds is 11. The third kappa shape index (κ3) is 9.25. The molecule has 10 heteroatoms. The lowest BCUT2D eigenvalue weighted by molar-refractivity contribution is -0.481. The number of methoxy groups -OCH3 is 1. The second-order valence-corrected chi connectivity index (χ2v) is 20.0. The molecule has 0 radical (unpaired) electrons. The molecule has 0 aromatic carbocycles. The maximum Gasteiger partial charge on any atom is 0.307 e. The van der Waals surface area contributed by atoms with Crippen LogP contribution in [0.5, 0.6) is 0 Å². The summed E-state index contributed by atoms with van der Waals surface area (Å²) >= 11 is 0. The Kier molecular flexibility index (Phi) is 10.2. The standard InChI is InChI=1S/C19H42N2O6Si2/c1-18(2,3)28(8,9)26-21(27-29(10,11)19(4,5)6)16(15-17(22)25-7)13-12-14-20(23)24/h16H,12-15H2,1-11H3. The second-order valence-electron chi connectivity index (χ2n) is 10.6. The molecule has 8 nitrogen and oxygen atoms in total. The van der Waals surface area contributed by atoms with Crippen LogP contribution in [0.1, 0.15) is 60.8 Å². The van der Waals surface area contributed by atoms with Gasteiger partial charge in [-0.2, -0.15) is 0 Å². The van der Waals surface area contributed by atoms with Crippen molar-refractivity contribution in [1.82, 2.24) is 5.23 Å². The number of hydroxylamine groups is 2. The summed E-state index contributed by atoms with van der Waals surface area (Å²) in [5, 5.41) is 12.2. The fourth-order valence-corrected chi connectivity index (χ4v) is 3.80. The van der Waals surface area contributed by atoms with Crippen LogP contribution in [0, 0.1) is 10.1 Å². The summed E-state index contributed by atoms with van der Waals surface area (Å²) in [5.41, 5.74) is 0. The monoisotopic (exact) mass is 450 g/mol. The van der Waals surface area contributed by atoms with Gasteiger partial charge >= 0.3 is 5.97 Å². The molecule has 0 bridgehead atoms. The number of nitro groups is 1. The van der Waals surface area contributed by atoms with Crippen molar-refractivity contribution >= 4 is 22.6 Å². The number of hydrogen-bond acceptors (Lipinski definition) is 7. The zero-order valence-electron chi connectivity index (χ0n) is 20.2. The van der Waals surface area contributed by atoms with Gasteiger partial charge in [-0.05, 0) is 42.7 Å². The lowest BCUT2D eigenvalue weighted by Crippen LogP contribution is -2.55. The summed E-state index contributed by atoms with van der Waals surface area (Å²) in [6, 6.07) is -0.453. The average molecular weight is 451 g/mol. The molecule has 1 atom stereocenters. The largest absolute Gasteiger partial charge is 0.469 e. The Hall–Kier alpha value is -0.816. The molecule has 0 N–H and O–H groups in total. The number of nitrogens with zero attached hydrogens (tertiary/aromatic N) is 2. The predicted molar refractivity (Wildman–Crippen MR) is 120 cm³/mol. The van der Waals surface area contributed by atoms with E-state index >= 15 is 0 Å². The third-order valence-electron chi connectivity index (χ3n) is 6.05. The Morgan fingerprint density at radius 2 is 1.41 bits per heavy atom. The van der Waals surface area contributed by atoms with Crippen molar-refractivity contribution in [3.8, 4) is 0 Å². The van der Waals surface area contributed by atoms with E-state index in [-0.39, 0.29) is 28.0 Å². The predicted octanol–water partition coefficient (Wildman–Crippen LogP) is 5.15. The molecule has 0 spiro atoms. The Morgan fingerprint density at radius 3 is 1.72 bits per heavy atom. The van der Waals surface area contributed by atoms with Crippen molar-refractivity contribution < 1.29 is 23.5 Å². The molecule has 0 heterocycles. The lowest BCUT2D eigenvalue weighted by atomic mass is 10.1. The molecule has 0 aliphatic rings. The summed E-state index contributed by atoms with van der Waals surface area (Å²) in [6.07, 6.45) is 0.781. The highest BCUT2D eigenvalue weighted by Crippen LogP contribution is 2.41. The summed E-state index contributed by atoms with van der Waals surface area (Å²) in [7, 11) is -3.21. The van der Waals surface area contributed by atoms with Crippen molar-refractivity contribution in [2.75, 3.05) is 13.7 Å². The highest BCUT2D eigenvalue weighted by molar-refractivity contribution is 6.74. The van der Waals surface area contributed by atoms with Crippen LogP contribution in [-0.2, 0) is 18.6 Å². The Bertz CT molecular complexity index is 528. The van der Waals surface area contributed by atoms with Gasteiger partial charge in [0.05, 0.1) is 19.6 Å². The van der Waals surface area contributed by atoms with Gasteiger partial charge in [0.25, 0.3) is 0 Å². The van der Waals surface area contributed by atoms with E-state index in [1.54, 1.807) is 0 Å². The SMILES string of the molecule is COC(=O)CC(CCC[N+](=O)[O-])N(O[Si](C)(C)C(C)(C)C)O[Si](C)(C)C(C)(C)C. The van der Waals surface area contributed by atoms with Crippen molar-refractivity contribution in [3.63, 3.8) is 0 Å². The summed E-state index contributed by atoms with van der Waals surface area (Å²) in [6.45, 7) is 21.1. The third-order valence-corrected chi connectivity index (χ3v) is 14.6. The van der Waals surface area contributed by atoms with Crippen LogP contribution < -0.4 is 0 Å². The minimum absolute atomic E-state index is 0.0530. The molecule has 172 valence electrons. The molecule has 29 heavy (non-hydrogen) atoms. The zero-order valence-corrected chi connectivity index (χ0v) is 22.2. The van der Waals surface area contributed by atoms with Crippen LogP contribution >= 0.6 is 0 Å². The van der Waals surface area contributed by atoms with Gasteiger partial charge in [-0.1, -0.05) is 46.8 Å². The topological polar surface area (TPSA) is 91.1 Å². The summed E-state index contributed by atoms with van der Waals surface area (Å²) in [5.74, 6) is -0.390. The van der Waals surface area contributed by atoms with Crippen molar-refractivity contribution in [3.05, 3.63) is 10.1 Å². The van der Waals surface area contributed by atoms with Gasteiger partial charge in [0.1, 0.15) is 0 Å². The normalized spacial score (nSPS) is 14.8. The first-order valence-electron chi connectivity index (χ1n) is 10.2. The second kappa shape index (κ2) is 10.5. The number of ether oxygens (including phenoxy) is 1. The van der Waals surface area contributed by atoms with Crippen molar-refractivity contribution in [2.45, 2.75) is 103 Å². The van der Waals surface area contributed by atoms with Crippen LogP contribution in [0.4, 0.5) is 0 Å². The van der Waals surface area contributed by atoms with Crippen LogP contribution in [0.2, 0.25) is 36.3 Å². The smallest absolute Gasteiger partial charge is 0.307 e. The van der Waals surface area contributed by atoms with E-state index in [9.17, 15) is 14.9 Å². The van der Waals surface area contributed by atoms with Gasteiger partial charge in [0.15, 0.2) is 0 Å². The van der Waals surface area contributed by atoms with E-state index in [1.165, 1.54) is 12.3 Å². The highest BCUT2D eigenvalue weighted by atomic mass is 28.4. The first kappa shape index (κ1) is 28.2. The Morgan fingerprint density at radius 1 is 1.00 bits per heavy atom. The Balaban J connectivity index is 5.92. The number of esters is 1. The number of hydrogen-bond donors (Lipinski definition) is 0. The number of carbonyl (C=O) groups is 1. The first-order chi connectivity index (χ1) is 12.8. The van der Waals surface area contributed by atoms with E-state index in [2.05, 4.69) is 67.7 Å². The van der Waals surface area contributed by atoms with E-state index in [4.69, 9.17) is 13.8 Å². The average Bonchev–Trinajstić information content (AvgIpc) is 2.50. The molecule has 0 saturated carbocycles. The van der Waals surface area contributed by atoms with E-state index < -0.39 is 28.6 Å². The minimum atomic E-state index is -2.27. The molecule has 0 fully saturated rings. The van der Waals surface area contributed by atoms with Gasteiger partial charge in [0.2, 0.25) is 23.2 Å². The van der Waals surface area contributed by atoms with E-state index in [0.717, 1.165) is 0 Å². The van der Waals surface area contributed by atoms with E-state index in [1.807, 2.05) is 0 Å². The molecule has 0 saturated heterocycles. The molecule has 1 unspecified atom stereocenters. The van der Waals surface area contributed by atoms with Gasteiger partial charge in [-0.3, -0.25) is 14.9 Å². The van der Waals surface area contributed by atoms with Crippen LogP contribution in [0.15, 0.2) is 0 Å². The van der Waals surface area contributed by atoms with Crippen LogP contribution in [0.3, 0.4) is 0 Å². The van der Waals surface area contributed by atoms with Crippen molar-refractivity contribution in [2.24, 2.45) is 0 Å². The molecule has 0 aliphatic heterocycles. The van der Waals surface area contributed by atoms with Gasteiger partial charge < -0.3 is 13.8 Å². The number of carbonyl (C=O) groups excluding carboxylic acids is 1. The van der Waals surface area contributed by atoms with E-state index in [0.29, 0.717) is 12.8 Å². The lowest BCUT2D eigenvalue weighted by Gasteiger charge is -2.46. The molecule has 0 aromatic rings.